The number of hydrogen-bond acceptors (Lipinski definition) is 5. The van der Waals surface area contributed by atoms with Crippen LogP contribution in [0.5, 0.6) is 0 Å². The molecule has 6 heteroatoms. The Morgan fingerprint density at radius 2 is 2.06 bits per heavy atom. The van der Waals surface area contributed by atoms with E-state index in [4.69, 9.17) is 11.6 Å². The van der Waals surface area contributed by atoms with Crippen LogP contribution in [0.15, 0.2) is 12.1 Å². The van der Waals surface area contributed by atoms with E-state index in [0.29, 0.717) is 4.34 Å². The minimum atomic E-state index is -0.679. The van der Waals surface area contributed by atoms with Crippen LogP contribution in [0.3, 0.4) is 0 Å². The van der Waals surface area contributed by atoms with E-state index in [-0.39, 0.29) is 5.41 Å². The van der Waals surface area contributed by atoms with Crippen molar-refractivity contribution in [3.8, 4) is 0 Å². The lowest BCUT2D eigenvalue weighted by Gasteiger charge is -2.18. The summed E-state index contributed by atoms with van der Waals surface area (Å²) in [5.74, 6) is 0. The molecule has 0 fully saturated rings. The van der Waals surface area contributed by atoms with Crippen LogP contribution in [0.1, 0.15) is 42.3 Å². The Balaban J connectivity index is 2.38. The van der Waals surface area contributed by atoms with Gasteiger partial charge in [0.25, 0.3) is 0 Å². The highest BCUT2D eigenvalue weighted by atomic mass is 35.5. The maximum absolute atomic E-state index is 10.3. The summed E-state index contributed by atoms with van der Waals surface area (Å²) in [5, 5.41) is 14.4. The van der Waals surface area contributed by atoms with Crippen molar-refractivity contribution in [3.05, 3.63) is 31.9 Å². The molecule has 0 aliphatic heterocycles. The van der Waals surface area contributed by atoms with E-state index in [9.17, 15) is 5.11 Å². The summed E-state index contributed by atoms with van der Waals surface area (Å²) in [6.07, 6.45) is -0.679. The van der Waals surface area contributed by atoms with Crippen molar-refractivity contribution in [1.82, 2.24) is 9.59 Å². The molecule has 0 spiro atoms. The fraction of sp³-hybridized carbons (Fsp3) is 0.455. The Hall–Kier alpha value is -0.490. The molecule has 2 aromatic rings. The molecule has 0 saturated carbocycles. The van der Waals surface area contributed by atoms with Gasteiger partial charge in [0, 0.05) is 10.3 Å². The third kappa shape index (κ3) is 2.68. The molecule has 0 saturated heterocycles. The van der Waals surface area contributed by atoms with E-state index in [1.807, 2.05) is 6.07 Å². The Morgan fingerprint density at radius 3 is 2.59 bits per heavy atom. The molecule has 1 atom stereocenters. The molecule has 1 unspecified atom stereocenters. The fourth-order valence-electron chi connectivity index (χ4n) is 1.50. The molecule has 2 rings (SSSR count). The summed E-state index contributed by atoms with van der Waals surface area (Å²) < 4.78 is 4.62. The zero-order chi connectivity index (χ0) is 12.6. The minimum Gasteiger partial charge on any atom is -0.382 e. The molecule has 0 aliphatic rings. The predicted octanol–water partition coefficient (Wildman–Crippen LogP) is 3.63. The van der Waals surface area contributed by atoms with Gasteiger partial charge in [0.1, 0.15) is 6.10 Å². The number of rotatable bonds is 2. The van der Waals surface area contributed by atoms with Crippen molar-refractivity contribution in [1.29, 1.82) is 0 Å². The van der Waals surface area contributed by atoms with Crippen LogP contribution >= 0.6 is 34.5 Å². The largest absolute Gasteiger partial charge is 0.382 e. The van der Waals surface area contributed by atoms with E-state index in [0.717, 1.165) is 15.4 Å². The molecule has 3 nitrogen and oxygen atoms in total. The van der Waals surface area contributed by atoms with Crippen LogP contribution in [0.25, 0.3) is 0 Å². The summed E-state index contributed by atoms with van der Waals surface area (Å²) in [7, 11) is 0. The van der Waals surface area contributed by atoms with Gasteiger partial charge in [0.2, 0.25) is 0 Å². The summed E-state index contributed by atoms with van der Waals surface area (Å²) in [4.78, 5) is 1.63. The van der Waals surface area contributed by atoms with Gasteiger partial charge in [0.15, 0.2) is 0 Å². The number of aliphatic hydroxyl groups is 1. The van der Waals surface area contributed by atoms with Gasteiger partial charge < -0.3 is 5.11 Å². The van der Waals surface area contributed by atoms with Crippen LogP contribution in [0.2, 0.25) is 4.34 Å². The average Bonchev–Trinajstić information content (AvgIpc) is 2.83. The third-order valence-electron chi connectivity index (χ3n) is 2.34. The lowest BCUT2D eigenvalue weighted by atomic mass is 9.90. The summed E-state index contributed by atoms with van der Waals surface area (Å²) in [5.41, 5.74) is 0.726. The highest BCUT2D eigenvalue weighted by Crippen LogP contribution is 2.36. The molecule has 0 amide bonds. The van der Waals surface area contributed by atoms with Gasteiger partial charge in [-0.3, -0.25) is 0 Å². The van der Waals surface area contributed by atoms with E-state index in [2.05, 4.69) is 30.4 Å². The number of aromatic nitrogens is 2. The molecule has 1 N–H and O–H groups in total. The highest BCUT2D eigenvalue weighted by Gasteiger charge is 2.27. The van der Waals surface area contributed by atoms with Crippen LogP contribution < -0.4 is 0 Å². The minimum absolute atomic E-state index is 0.121. The number of thiophene rings is 1. The van der Waals surface area contributed by atoms with Crippen molar-refractivity contribution >= 4 is 34.5 Å². The standard InChI is InChI=1S/C11H13ClN2OS2/c1-11(2,3)10-9(17-14-13-10)8(15)6-4-5-7(12)16-6/h4-5,8,15H,1-3H3. The number of halogens is 1. The van der Waals surface area contributed by atoms with Crippen molar-refractivity contribution in [2.75, 3.05) is 0 Å². The molecule has 0 bridgehead atoms. The molecule has 0 radical (unpaired) electrons. The van der Waals surface area contributed by atoms with E-state index >= 15 is 0 Å². The van der Waals surface area contributed by atoms with Crippen LogP contribution in [-0.2, 0) is 5.41 Å². The smallest absolute Gasteiger partial charge is 0.126 e. The Labute approximate surface area is 113 Å². The summed E-state index contributed by atoms with van der Waals surface area (Å²) >= 11 is 8.50. The van der Waals surface area contributed by atoms with Gasteiger partial charge in [-0.1, -0.05) is 36.9 Å². The first-order chi connectivity index (χ1) is 7.89. The lowest BCUT2D eigenvalue weighted by molar-refractivity contribution is 0.225. The zero-order valence-electron chi connectivity index (χ0n) is 9.77. The van der Waals surface area contributed by atoms with Gasteiger partial charge in [-0.25, -0.2) is 0 Å². The molecule has 92 valence electrons. The zero-order valence-corrected chi connectivity index (χ0v) is 12.2. The molecule has 0 aromatic carbocycles. The second-order valence-corrected chi connectivity index (χ2v) is 7.31. The van der Waals surface area contributed by atoms with Gasteiger partial charge in [0.05, 0.1) is 14.9 Å². The number of hydrogen-bond donors (Lipinski definition) is 1. The Bertz CT molecular complexity index is 516. The number of nitrogens with zero attached hydrogens (tertiary/aromatic N) is 2. The van der Waals surface area contributed by atoms with Crippen LogP contribution in [-0.4, -0.2) is 14.7 Å². The van der Waals surface area contributed by atoms with E-state index in [1.165, 1.54) is 22.9 Å². The quantitative estimate of drug-likeness (QED) is 0.918. The molecular formula is C11H13ClN2OS2. The van der Waals surface area contributed by atoms with Crippen molar-refractivity contribution in [2.45, 2.75) is 32.3 Å². The fourth-order valence-corrected chi connectivity index (χ4v) is 3.50. The maximum Gasteiger partial charge on any atom is 0.126 e. The topological polar surface area (TPSA) is 46.0 Å². The predicted molar refractivity (Wildman–Crippen MR) is 72.0 cm³/mol. The second kappa shape index (κ2) is 4.65. The monoisotopic (exact) mass is 288 g/mol. The summed E-state index contributed by atoms with van der Waals surface area (Å²) in [6.45, 7) is 6.17. The van der Waals surface area contributed by atoms with Crippen LogP contribution in [0, 0.1) is 0 Å². The van der Waals surface area contributed by atoms with Gasteiger partial charge in [-0.05, 0) is 23.7 Å². The molecule has 17 heavy (non-hydrogen) atoms. The maximum atomic E-state index is 10.3. The highest BCUT2D eigenvalue weighted by molar-refractivity contribution is 7.16. The Morgan fingerprint density at radius 1 is 1.35 bits per heavy atom. The SMILES string of the molecule is CC(C)(C)c1nnsc1C(O)c1ccc(Cl)s1. The molecule has 2 aromatic heterocycles. The second-order valence-electron chi connectivity index (χ2n) is 4.78. The third-order valence-corrected chi connectivity index (χ3v) is 4.40. The molecule has 0 aliphatic carbocycles. The van der Waals surface area contributed by atoms with Gasteiger partial charge in [-0.2, -0.15) is 0 Å². The first-order valence-electron chi connectivity index (χ1n) is 5.15. The van der Waals surface area contributed by atoms with E-state index < -0.39 is 6.10 Å². The number of aliphatic hydroxyl groups excluding tert-OH is 1. The van der Waals surface area contributed by atoms with E-state index in [1.54, 1.807) is 6.07 Å². The van der Waals surface area contributed by atoms with Crippen molar-refractivity contribution in [3.63, 3.8) is 0 Å². The Kier molecular flexibility index (Phi) is 3.54. The van der Waals surface area contributed by atoms with Crippen molar-refractivity contribution < 1.29 is 5.11 Å². The molecule has 2 heterocycles. The lowest BCUT2D eigenvalue weighted by Crippen LogP contribution is -2.15. The van der Waals surface area contributed by atoms with Crippen molar-refractivity contribution in [2.24, 2.45) is 0 Å². The normalized spacial score (nSPS) is 13.9. The first-order valence-corrected chi connectivity index (χ1v) is 7.12. The summed E-state index contributed by atoms with van der Waals surface area (Å²) in [6, 6.07) is 3.62. The van der Waals surface area contributed by atoms with Gasteiger partial charge >= 0.3 is 0 Å². The van der Waals surface area contributed by atoms with Gasteiger partial charge in [-0.15, -0.1) is 16.4 Å². The van der Waals surface area contributed by atoms with Crippen LogP contribution in [0.4, 0.5) is 0 Å². The molecular weight excluding hydrogens is 276 g/mol. The average molecular weight is 289 g/mol. The first kappa shape index (κ1) is 13.0.